The Morgan fingerprint density at radius 1 is 1.40 bits per heavy atom. The largest absolute Gasteiger partial charge is 0.409 e. The first kappa shape index (κ1) is 14.1. The van der Waals surface area contributed by atoms with Crippen LogP contribution in [0.5, 0.6) is 0 Å². The molecule has 104 valence electrons. The molecule has 0 atom stereocenters. The summed E-state index contributed by atoms with van der Waals surface area (Å²) in [4.78, 5) is 6.19. The third-order valence-electron chi connectivity index (χ3n) is 2.85. The van der Waals surface area contributed by atoms with Gasteiger partial charge in [0.2, 0.25) is 0 Å². The fourth-order valence-electron chi connectivity index (χ4n) is 1.89. The predicted molar refractivity (Wildman–Crippen MR) is 80.3 cm³/mol. The van der Waals surface area contributed by atoms with Gasteiger partial charge in [-0.05, 0) is 23.8 Å². The first-order valence-corrected chi connectivity index (χ1v) is 6.38. The van der Waals surface area contributed by atoms with E-state index in [-0.39, 0.29) is 5.84 Å². The molecule has 2 aromatic rings. The van der Waals surface area contributed by atoms with E-state index in [1.807, 2.05) is 30.1 Å². The van der Waals surface area contributed by atoms with E-state index in [2.05, 4.69) is 10.1 Å². The monoisotopic (exact) mass is 290 g/mol. The van der Waals surface area contributed by atoms with Crippen molar-refractivity contribution in [3.05, 3.63) is 58.7 Å². The van der Waals surface area contributed by atoms with E-state index < -0.39 is 0 Å². The molecule has 6 heteroatoms. The van der Waals surface area contributed by atoms with Gasteiger partial charge in [-0.15, -0.1) is 0 Å². The van der Waals surface area contributed by atoms with Crippen LogP contribution in [0.15, 0.2) is 47.8 Å². The smallest absolute Gasteiger partial charge is 0.170 e. The predicted octanol–water partition coefficient (Wildman–Crippen LogP) is 2.47. The lowest BCUT2D eigenvalue weighted by molar-refractivity contribution is 0.318. The zero-order valence-corrected chi connectivity index (χ0v) is 11.7. The average molecular weight is 291 g/mol. The SMILES string of the molecule is CN(Cc1cccc(C(N)=NO)c1)c1ncccc1Cl. The maximum atomic E-state index is 8.70. The molecule has 0 amide bonds. The molecule has 0 bridgehead atoms. The number of aromatic nitrogens is 1. The molecule has 20 heavy (non-hydrogen) atoms. The Balaban J connectivity index is 2.20. The third-order valence-corrected chi connectivity index (χ3v) is 3.15. The van der Waals surface area contributed by atoms with Crippen molar-refractivity contribution < 1.29 is 5.21 Å². The number of benzene rings is 1. The van der Waals surface area contributed by atoms with Crippen LogP contribution in [-0.4, -0.2) is 23.1 Å². The summed E-state index contributed by atoms with van der Waals surface area (Å²) in [5.74, 6) is 0.800. The summed E-state index contributed by atoms with van der Waals surface area (Å²) in [6.45, 7) is 0.614. The molecule has 3 N–H and O–H groups in total. The minimum absolute atomic E-state index is 0.0883. The van der Waals surface area contributed by atoms with E-state index in [9.17, 15) is 0 Å². The number of nitrogens with zero attached hydrogens (tertiary/aromatic N) is 3. The molecule has 0 aliphatic heterocycles. The molecule has 5 nitrogen and oxygen atoms in total. The molecule has 0 spiro atoms. The molecular weight excluding hydrogens is 276 g/mol. The quantitative estimate of drug-likeness (QED) is 0.393. The highest BCUT2D eigenvalue weighted by molar-refractivity contribution is 6.32. The highest BCUT2D eigenvalue weighted by Crippen LogP contribution is 2.22. The number of rotatable bonds is 4. The van der Waals surface area contributed by atoms with Crippen LogP contribution < -0.4 is 10.6 Å². The van der Waals surface area contributed by atoms with Crippen molar-refractivity contribution >= 4 is 23.3 Å². The number of nitrogens with two attached hydrogens (primary N) is 1. The Kier molecular flexibility index (Phi) is 4.42. The fourth-order valence-corrected chi connectivity index (χ4v) is 2.16. The number of hydrogen-bond donors (Lipinski definition) is 2. The van der Waals surface area contributed by atoms with E-state index >= 15 is 0 Å². The van der Waals surface area contributed by atoms with Gasteiger partial charge in [0, 0.05) is 25.4 Å². The standard InChI is InChI=1S/C14H15ClN4O/c1-19(14-12(15)6-3-7-17-14)9-10-4-2-5-11(8-10)13(16)18-20/h2-8,20H,9H2,1H3,(H2,16,18). The van der Waals surface area contributed by atoms with Gasteiger partial charge >= 0.3 is 0 Å². The van der Waals surface area contributed by atoms with Gasteiger partial charge < -0.3 is 15.8 Å². The lowest BCUT2D eigenvalue weighted by Gasteiger charge is -2.19. The van der Waals surface area contributed by atoms with Gasteiger partial charge in [0.05, 0.1) is 5.02 Å². The van der Waals surface area contributed by atoms with E-state index in [0.29, 0.717) is 22.9 Å². The van der Waals surface area contributed by atoms with Crippen molar-refractivity contribution in [1.82, 2.24) is 4.98 Å². The first-order chi connectivity index (χ1) is 9.61. The second-order valence-corrected chi connectivity index (χ2v) is 4.76. The van der Waals surface area contributed by atoms with Crippen LogP contribution >= 0.6 is 11.6 Å². The van der Waals surface area contributed by atoms with Crippen LogP contribution in [0.2, 0.25) is 5.02 Å². The Bertz CT molecular complexity index is 630. The summed E-state index contributed by atoms with van der Waals surface area (Å²) < 4.78 is 0. The summed E-state index contributed by atoms with van der Waals surface area (Å²) in [5.41, 5.74) is 7.27. The third kappa shape index (κ3) is 3.19. The fraction of sp³-hybridized carbons (Fsp3) is 0.143. The van der Waals surface area contributed by atoms with Crippen molar-refractivity contribution in [1.29, 1.82) is 0 Å². The molecule has 0 fully saturated rings. The van der Waals surface area contributed by atoms with Crippen LogP contribution in [0.3, 0.4) is 0 Å². The molecule has 0 saturated carbocycles. The Hall–Kier alpha value is -2.27. The molecule has 1 heterocycles. The van der Waals surface area contributed by atoms with Crippen molar-refractivity contribution in [2.75, 3.05) is 11.9 Å². The number of hydrogen-bond acceptors (Lipinski definition) is 4. The highest BCUT2D eigenvalue weighted by Gasteiger charge is 2.08. The number of halogens is 1. The number of anilines is 1. The molecule has 1 aromatic carbocycles. The molecule has 0 saturated heterocycles. The second-order valence-electron chi connectivity index (χ2n) is 4.35. The molecule has 0 radical (unpaired) electrons. The van der Waals surface area contributed by atoms with E-state index in [0.717, 1.165) is 5.56 Å². The number of oxime groups is 1. The lowest BCUT2D eigenvalue weighted by Crippen LogP contribution is -2.19. The average Bonchev–Trinajstić information content (AvgIpc) is 2.47. The molecule has 0 aliphatic rings. The molecule has 2 rings (SSSR count). The van der Waals surface area contributed by atoms with Gasteiger partial charge in [0.25, 0.3) is 0 Å². The van der Waals surface area contributed by atoms with Gasteiger partial charge in [-0.2, -0.15) is 0 Å². The van der Waals surface area contributed by atoms with Gasteiger partial charge in [0.1, 0.15) is 5.82 Å². The van der Waals surface area contributed by atoms with Crippen LogP contribution in [0.4, 0.5) is 5.82 Å². The highest BCUT2D eigenvalue weighted by atomic mass is 35.5. The van der Waals surface area contributed by atoms with Crippen LogP contribution in [-0.2, 0) is 6.54 Å². The Morgan fingerprint density at radius 2 is 2.20 bits per heavy atom. The van der Waals surface area contributed by atoms with E-state index in [1.54, 1.807) is 24.4 Å². The summed E-state index contributed by atoms with van der Waals surface area (Å²) >= 11 is 6.11. The Morgan fingerprint density at radius 3 is 2.90 bits per heavy atom. The molecule has 0 unspecified atom stereocenters. The maximum Gasteiger partial charge on any atom is 0.170 e. The normalized spacial score (nSPS) is 11.4. The lowest BCUT2D eigenvalue weighted by atomic mass is 10.1. The Labute approximate surface area is 122 Å². The van der Waals surface area contributed by atoms with Gasteiger partial charge in [-0.25, -0.2) is 4.98 Å². The van der Waals surface area contributed by atoms with Crippen LogP contribution in [0.1, 0.15) is 11.1 Å². The maximum absolute atomic E-state index is 8.70. The minimum Gasteiger partial charge on any atom is -0.409 e. The number of amidine groups is 1. The second kappa shape index (κ2) is 6.25. The van der Waals surface area contributed by atoms with Gasteiger partial charge in [-0.3, -0.25) is 0 Å². The summed E-state index contributed by atoms with van der Waals surface area (Å²) in [6.07, 6.45) is 1.70. The van der Waals surface area contributed by atoms with E-state index in [4.69, 9.17) is 22.5 Å². The van der Waals surface area contributed by atoms with Gasteiger partial charge in [-0.1, -0.05) is 35.0 Å². The summed E-state index contributed by atoms with van der Waals surface area (Å²) in [7, 11) is 1.91. The van der Waals surface area contributed by atoms with Crippen molar-refractivity contribution in [2.45, 2.75) is 6.54 Å². The van der Waals surface area contributed by atoms with E-state index in [1.165, 1.54) is 0 Å². The van der Waals surface area contributed by atoms with Crippen LogP contribution in [0.25, 0.3) is 0 Å². The first-order valence-electron chi connectivity index (χ1n) is 6.00. The van der Waals surface area contributed by atoms with Crippen LogP contribution in [0, 0.1) is 0 Å². The van der Waals surface area contributed by atoms with Crippen molar-refractivity contribution in [3.8, 4) is 0 Å². The zero-order chi connectivity index (χ0) is 14.5. The zero-order valence-electron chi connectivity index (χ0n) is 11.0. The van der Waals surface area contributed by atoms with Crippen molar-refractivity contribution in [2.24, 2.45) is 10.9 Å². The minimum atomic E-state index is 0.0883. The summed E-state index contributed by atoms with van der Waals surface area (Å²) in [5, 5.41) is 12.3. The summed E-state index contributed by atoms with van der Waals surface area (Å²) in [6, 6.07) is 11.1. The van der Waals surface area contributed by atoms with Crippen molar-refractivity contribution in [3.63, 3.8) is 0 Å². The molecule has 0 aliphatic carbocycles. The number of pyridine rings is 1. The topological polar surface area (TPSA) is 74.7 Å². The van der Waals surface area contributed by atoms with Gasteiger partial charge in [0.15, 0.2) is 5.84 Å². The molecule has 1 aromatic heterocycles. The molecular formula is C14H15ClN4O.